The van der Waals surface area contributed by atoms with Crippen molar-refractivity contribution in [3.8, 4) is 0 Å². The molecule has 3 rings (SSSR count). The molecule has 0 spiro atoms. The van der Waals surface area contributed by atoms with Crippen LogP contribution in [0.1, 0.15) is 46.5 Å². The summed E-state index contributed by atoms with van der Waals surface area (Å²) in [6.07, 6.45) is 4.96. The standard InChI is InChI=1S/C29H42Cl2O2Si/c1-6-33-21-29(20-32-4,24-18-22(2)17-23(3)19-24)15-16-34(5,27-11-7-25(30)8-12-27)28-13-9-26(31)10-14-28/h7-14,22-24H,6,15-21H2,1-5H3. The summed E-state index contributed by atoms with van der Waals surface area (Å²) in [5.74, 6) is 2.12. The van der Waals surface area contributed by atoms with Crippen molar-refractivity contribution in [1.82, 2.24) is 0 Å². The lowest BCUT2D eigenvalue weighted by Crippen LogP contribution is -2.57. The molecule has 34 heavy (non-hydrogen) atoms. The number of halogens is 2. The Morgan fingerprint density at radius 2 is 1.35 bits per heavy atom. The zero-order valence-electron chi connectivity index (χ0n) is 21.6. The lowest BCUT2D eigenvalue weighted by molar-refractivity contribution is -0.0641. The number of ether oxygens (including phenoxy) is 2. The van der Waals surface area contributed by atoms with Crippen molar-refractivity contribution < 1.29 is 9.47 Å². The zero-order chi connectivity index (χ0) is 24.8. The molecule has 0 heterocycles. The van der Waals surface area contributed by atoms with Gasteiger partial charge in [-0.05, 0) is 80.7 Å². The molecule has 3 atom stereocenters. The van der Waals surface area contributed by atoms with E-state index in [9.17, 15) is 0 Å². The monoisotopic (exact) mass is 520 g/mol. The highest BCUT2D eigenvalue weighted by Crippen LogP contribution is 2.47. The molecule has 0 bridgehead atoms. The van der Waals surface area contributed by atoms with E-state index in [1.165, 1.54) is 29.6 Å². The Morgan fingerprint density at radius 1 is 0.853 bits per heavy atom. The molecule has 2 aromatic rings. The minimum Gasteiger partial charge on any atom is -0.384 e. The Balaban J connectivity index is 1.99. The summed E-state index contributed by atoms with van der Waals surface area (Å²) in [5, 5.41) is 4.39. The highest BCUT2D eigenvalue weighted by Gasteiger charge is 2.44. The fourth-order valence-corrected chi connectivity index (χ4v) is 10.2. The number of benzene rings is 2. The van der Waals surface area contributed by atoms with Crippen LogP contribution in [0.3, 0.4) is 0 Å². The first-order chi connectivity index (χ1) is 16.2. The lowest BCUT2D eigenvalue weighted by Gasteiger charge is -2.46. The summed E-state index contributed by atoms with van der Waals surface area (Å²) >= 11 is 12.5. The van der Waals surface area contributed by atoms with Crippen LogP contribution in [0.4, 0.5) is 0 Å². The number of rotatable bonds is 11. The Kier molecular flexibility index (Phi) is 10.1. The number of methoxy groups -OCH3 is 1. The zero-order valence-corrected chi connectivity index (χ0v) is 24.1. The summed E-state index contributed by atoms with van der Waals surface area (Å²) in [6.45, 7) is 11.7. The van der Waals surface area contributed by atoms with Crippen LogP contribution < -0.4 is 10.4 Å². The van der Waals surface area contributed by atoms with Gasteiger partial charge in [0.15, 0.2) is 0 Å². The maximum atomic E-state index is 6.27. The molecule has 2 nitrogen and oxygen atoms in total. The van der Waals surface area contributed by atoms with E-state index >= 15 is 0 Å². The maximum absolute atomic E-state index is 6.27. The van der Waals surface area contributed by atoms with Crippen molar-refractivity contribution in [2.75, 3.05) is 26.9 Å². The summed E-state index contributed by atoms with van der Waals surface area (Å²) in [4.78, 5) is 0. The molecule has 0 aliphatic heterocycles. The molecular weight excluding hydrogens is 479 g/mol. The van der Waals surface area contributed by atoms with Gasteiger partial charge in [0.05, 0.1) is 13.2 Å². The van der Waals surface area contributed by atoms with Gasteiger partial charge < -0.3 is 9.47 Å². The maximum Gasteiger partial charge on any atom is 0.115 e. The van der Waals surface area contributed by atoms with E-state index in [1.807, 2.05) is 31.4 Å². The van der Waals surface area contributed by atoms with Crippen molar-refractivity contribution in [2.24, 2.45) is 23.2 Å². The Bertz CT molecular complexity index is 831. The molecule has 1 saturated carbocycles. The fourth-order valence-electron chi connectivity index (χ4n) is 6.26. The fraction of sp³-hybridized carbons (Fsp3) is 0.586. The van der Waals surface area contributed by atoms with E-state index in [0.29, 0.717) is 5.92 Å². The van der Waals surface area contributed by atoms with Gasteiger partial charge in [-0.1, -0.05) is 78.2 Å². The van der Waals surface area contributed by atoms with Gasteiger partial charge in [0.1, 0.15) is 8.07 Å². The minimum atomic E-state index is -2.05. The Morgan fingerprint density at radius 3 is 1.79 bits per heavy atom. The van der Waals surface area contributed by atoms with E-state index in [-0.39, 0.29) is 5.41 Å². The van der Waals surface area contributed by atoms with Crippen molar-refractivity contribution in [3.05, 3.63) is 58.6 Å². The summed E-state index contributed by atoms with van der Waals surface area (Å²) < 4.78 is 12.1. The smallest absolute Gasteiger partial charge is 0.115 e. The number of hydrogen-bond acceptors (Lipinski definition) is 2. The van der Waals surface area contributed by atoms with Crippen molar-refractivity contribution in [2.45, 2.75) is 59.0 Å². The molecule has 3 unspecified atom stereocenters. The second-order valence-electron chi connectivity index (χ2n) is 10.9. The first-order valence-electron chi connectivity index (χ1n) is 12.8. The van der Waals surface area contributed by atoms with E-state index < -0.39 is 8.07 Å². The van der Waals surface area contributed by atoms with Gasteiger partial charge in [0.2, 0.25) is 0 Å². The van der Waals surface area contributed by atoms with Gasteiger partial charge in [0.25, 0.3) is 0 Å². The van der Waals surface area contributed by atoms with Crippen LogP contribution in [0.25, 0.3) is 0 Å². The normalized spacial score (nSPS) is 23.0. The quantitative estimate of drug-likeness (QED) is 0.289. The summed E-state index contributed by atoms with van der Waals surface area (Å²) in [6, 6.07) is 18.2. The molecule has 2 aromatic carbocycles. The van der Waals surface area contributed by atoms with Crippen LogP contribution in [-0.4, -0.2) is 35.0 Å². The third-order valence-electron chi connectivity index (χ3n) is 8.16. The van der Waals surface area contributed by atoms with Crippen LogP contribution in [0.2, 0.25) is 22.6 Å². The van der Waals surface area contributed by atoms with Gasteiger partial charge in [-0.25, -0.2) is 0 Å². The molecule has 1 aliphatic rings. The molecule has 0 radical (unpaired) electrons. The molecule has 0 amide bonds. The van der Waals surface area contributed by atoms with Gasteiger partial charge in [0, 0.05) is 29.2 Å². The summed E-state index contributed by atoms with van der Waals surface area (Å²) in [7, 11) is -0.199. The van der Waals surface area contributed by atoms with Gasteiger partial charge in [-0.15, -0.1) is 0 Å². The second-order valence-corrected chi connectivity index (χ2v) is 16.1. The Labute approximate surface area is 218 Å². The van der Waals surface area contributed by atoms with E-state index in [0.717, 1.165) is 54.2 Å². The highest BCUT2D eigenvalue weighted by molar-refractivity contribution is 7.01. The second kappa shape index (κ2) is 12.4. The van der Waals surface area contributed by atoms with Gasteiger partial charge in [-0.2, -0.15) is 0 Å². The van der Waals surface area contributed by atoms with Crippen molar-refractivity contribution >= 4 is 41.6 Å². The molecule has 0 aromatic heterocycles. The molecule has 5 heteroatoms. The van der Waals surface area contributed by atoms with E-state index in [1.54, 1.807) is 0 Å². The van der Waals surface area contributed by atoms with Gasteiger partial charge >= 0.3 is 0 Å². The average Bonchev–Trinajstić information content (AvgIpc) is 2.81. The molecule has 1 aliphatic carbocycles. The molecule has 1 fully saturated rings. The first-order valence-corrected chi connectivity index (χ1v) is 16.3. The predicted molar refractivity (Wildman–Crippen MR) is 150 cm³/mol. The van der Waals surface area contributed by atoms with Crippen molar-refractivity contribution in [3.63, 3.8) is 0 Å². The average molecular weight is 522 g/mol. The third kappa shape index (κ3) is 6.67. The minimum absolute atomic E-state index is 0.0286. The predicted octanol–water partition coefficient (Wildman–Crippen LogP) is 7.32. The topological polar surface area (TPSA) is 18.5 Å². The summed E-state index contributed by atoms with van der Waals surface area (Å²) in [5.41, 5.74) is 0.0286. The Hall–Kier alpha value is -0.843. The highest BCUT2D eigenvalue weighted by atomic mass is 35.5. The molecule has 0 N–H and O–H groups in total. The lowest BCUT2D eigenvalue weighted by atomic mass is 9.63. The third-order valence-corrected chi connectivity index (χ3v) is 13.1. The van der Waals surface area contributed by atoms with Crippen LogP contribution in [0.5, 0.6) is 0 Å². The molecular formula is C29H42Cl2O2Si. The van der Waals surface area contributed by atoms with E-state index in [4.69, 9.17) is 32.7 Å². The van der Waals surface area contributed by atoms with E-state index in [2.05, 4.69) is 51.6 Å². The SMILES string of the molecule is CCOCC(CC[Si](C)(c1ccc(Cl)cc1)c1ccc(Cl)cc1)(COC)C1CC(C)CC(C)C1. The van der Waals surface area contributed by atoms with Gasteiger partial charge in [-0.3, -0.25) is 0 Å². The number of hydrogen-bond donors (Lipinski definition) is 0. The van der Waals surface area contributed by atoms with Crippen LogP contribution in [-0.2, 0) is 9.47 Å². The van der Waals surface area contributed by atoms with Crippen LogP contribution in [0.15, 0.2) is 48.5 Å². The molecule has 0 saturated heterocycles. The van der Waals surface area contributed by atoms with Crippen LogP contribution in [0, 0.1) is 23.2 Å². The van der Waals surface area contributed by atoms with Crippen molar-refractivity contribution in [1.29, 1.82) is 0 Å². The first kappa shape index (κ1) is 27.7. The largest absolute Gasteiger partial charge is 0.384 e. The molecule has 188 valence electrons. The van der Waals surface area contributed by atoms with Crippen LogP contribution >= 0.6 is 23.2 Å².